The average Bonchev–Trinajstić information content (AvgIpc) is 1.88. The van der Waals surface area contributed by atoms with E-state index in [0.29, 0.717) is 13.0 Å². The van der Waals surface area contributed by atoms with Crippen molar-refractivity contribution in [1.82, 2.24) is 5.32 Å². The summed E-state index contributed by atoms with van der Waals surface area (Å²) in [6, 6.07) is 0. The molecule has 0 saturated carbocycles. The van der Waals surface area contributed by atoms with E-state index in [2.05, 4.69) is 5.32 Å². The van der Waals surface area contributed by atoms with Crippen LogP contribution in [0.3, 0.4) is 0 Å². The van der Waals surface area contributed by atoms with Crippen molar-refractivity contribution in [3.8, 4) is 0 Å². The largest absolute Gasteiger partial charge is 0.393 e. The van der Waals surface area contributed by atoms with Crippen LogP contribution < -0.4 is 5.32 Å². The zero-order valence-electron chi connectivity index (χ0n) is 6.13. The van der Waals surface area contributed by atoms with Crippen molar-refractivity contribution in [1.29, 1.82) is 0 Å². The van der Waals surface area contributed by atoms with Gasteiger partial charge in [-0.15, -0.1) is 0 Å². The molecular formula is C7H13NO2. The van der Waals surface area contributed by atoms with Crippen LogP contribution in [0.15, 0.2) is 0 Å². The molecule has 0 aromatic rings. The minimum Gasteiger partial charge on any atom is -0.393 e. The Morgan fingerprint density at radius 1 is 1.80 bits per heavy atom. The lowest BCUT2D eigenvalue weighted by molar-refractivity contribution is -0.124. The molecule has 0 unspecified atom stereocenters. The summed E-state index contributed by atoms with van der Waals surface area (Å²) in [5, 5.41) is 11.8. The van der Waals surface area contributed by atoms with Crippen LogP contribution in [0.5, 0.6) is 0 Å². The van der Waals surface area contributed by atoms with E-state index >= 15 is 0 Å². The van der Waals surface area contributed by atoms with E-state index in [4.69, 9.17) is 5.11 Å². The predicted octanol–water partition coefficient (Wildman–Crippen LogP) is -0.107. The lowest BCUT2D eigenvalue weighted by Crippen LogP contribution is -2.37. The number of rotatable bonds is 1. The number of amides is 1. The lowest BCUT2D eigenvalue weighted by Gasteiger charge is -2.23. The van der Waals surface area contributed by atoms with Crippen LogP contribution in [0.4, 0.5) is 0 Å². The second kappa shape index (κ2) is 3.01. The van der Waals surface area contributed by atoms with Gasteiger partial charge in [0.15, 0.2) is 0 Å². The van der Waals surface area contributed by atoms with Crippen molar-refractivity contribution >= 4 is 5.91 Å². The summed E-state index contributed by atoms with van der Waals surface area (Å²) in [4.78, 5) is 10.8. The number of carbonyl (C=O) groups is 1. The molecule has 2 N–H and O–H groups in total. The van der Waals surface area contributed by atoms with Gasteiger partial charge in [0.05, 0.1) is 6.10 Å². The van der Waals surface area contributed by atoms with E-state index in [-0.39, 0.29) is 17.9 Å². The molecule has 1 saturated heterocycles. The highest BCUT2D eigenvalue weighted by Crippen LogP contribution is 2.15. The van der Waals surface area contributed by atoms with Gasteiger partial charge in [0.2, 0.25) is 5.91 Å². The number of nitrogens with one attached hydrogen (secondary N) is 1. The topological polar surface area (TPSA) is 49.3 Å². The lowest BCUT2D eigenvalue weighted by atomic mass is 9.93. The van der Waals surface area contributed by atoms with Gasteiger partial charge in [-0.1, -0.05) is 0 Å². The first-order chi connectivity index (χ1) is 4.70. The highest BCUT2D eigenvalue weighted by Gasteiger charge is 2.22. The Bertz CT molecular complexity index is 134. The third-order valence-corrected chi connectivity index (χ3v) is 1.97. The SMILES string of the molecule is C[C@@H](O)[C@@H]1CCNC(=O)C1. The summed E-state index contributed by atoms with van der Waals surface area (Å²) < 4.78 is 0. The first-order valence-electron chi connectivity index (χ1n) is 3.65. The Morgan fingerprint density at radius 3 is 2.90 bits per heavy atom. The van der Waals surface area contributed by atoms with Gasteiger partial charge in [-0.25, -0.2) is 0 Å². The molecule has 1 rings (SSSR count). The molecule has 0 aromatic carbocycles. The monoisotopic (exact) mass is 143 g/mol. The molecule has 1 aliphatic heterocycles. The summed E-state index contributed by atoms with van der Waals surface area (Å²) in [7, 11) is 0. The molecule has 0 radical (unpaired) electrons. The summed E-state index contributed by atoms with van der Waals surface area (Å²) in [5.74, 6) is 0.242. The number of hydrogen-bond donors (Lipinski definition) is 2. The third kappa shape index (κ3) is 1.70. The van der Waals surface area contributed by atoms with E-state index < -0.39 is 0 Å². The van der Waals surface area contributed by atoms with Gasteiger partial charge < -0.3 is 10.4 Å². The summed E-state index contributed by atoms with van der Waals surface area (Å²) in [5.41, 5.74) is 0. The zero-order chi connectivity index (χ0) is 7.56. The van der Waals surface area contributed by atoms with E-state index in [1.165, 1.54) is 0 Å². The molecule has 1 fully saturated rings. The Labute approximate surface area is 60.4 Å². The number of aliphatic hydroxyl groups is 1. The first kappa shape index (κ1) is 7.54. The van der Waals surface area contributed by atoms with Gasteiger partial charge in [0.1, 0.15) is 0 Å². The van der Waals surface area contributed by atoms with E-state index in [1.54, 1.807) is 6.92 Å². The van der Waals surface area contributed by atoms with Gasteiger partial charge in [-0.05, 0) is 19.3 Å². The molecular weight excluding hydrogens is 130 g/mol. The summed E-state index contributed by atoms with van der Waals surface area (Å²) >= 11 is 0. The molecule has 3 heteroatoms. The van der Waals surface area contributed by atoms with E-state index in [0.717, 1.165) is 6.42 Å². The number of carbonyl (C=O) groups excluding carboxylic acids is 1. The zero-order valence-corrected chi connectivity index (χ0v) is 6.13. The summed E-state index contributed by atoms with van der Waals surface area (Å²) in [6.07, 6.45) is 1.05. The van der Waals surface area contributed by atoms with Crippen molar-refractivity contribution in [3.05, 3.63) is 0 Å². The third-order valence-electron chi connectivity index (χ3n) is 1.97. The molecule has 0 spiro atoms. The molecule has 58 valence electrons. The minimum atomic E-state index is -0.342. The molecule has 1 heterocycles. The molecule has 3 nitrogen and oxygen atoms in total. The fourth-order valence-corrected chi connectivity index (χ4v) is 1.22. The molecule has 0 aliphatic carbocycles. The van der Waals surface area contributed by atoms with E-state index in [1.807, 2.05) is 0 Å². The minimum absolute atomic E-state index is 0.0668. The predicted molar refractivity (Wildman–Crippen MR) is 37.4 cm³/mol. The van der Waals surface area contributed by atoms with Gasteiger partial charge in [-0.3, -0.25) is 4.79 Å². The number of aliphatic hydroxyl groups excluding tert-OH is 1. The van der Waals surface area contributed by atoms with Crippen molar-refractivity contribution in [3.63, 3.8) is 0 Å². The Kier molecular flexibility index (Phi) is 2.27. The van der Waals surface area contributed by atoms with Crippen LogP contribution in [0.2, 0.25) is 0 Å². The maximum atomic E-state index is 10.8. The van der Waals surface area contributed by atoms with E-state index in [9.17, 15) is 4.79 Å². The fourth-order valence-electron chi connectivity index (χ4n) is 1.22. The van der Waals surface area contributed by atoms with Crippen LogP contribution in [-0.2, 0) is 4.79 Å². The maximum absolute atomic E-state index is 10.8. The van der Waals surface area contributed by atoms with Crippen molar-refractivity contribution in [2.45, 2.75) is 25.9 Å². The van der Waals surface area contributed by atoms with Gasteiger partial charge in [-0.2, -0.15) is 0 Å². The second-order valence-corrected chi connectivity index (χ2v) is 2.84. The summed E-state index contributed by atoms with van der Waals surface area (Å²) in [6.45, 7) is 2.46. The van der Waals surface area contributed by atoms with Crippen LogP contribution in [0, 0.1) is 5.92 Å². The van der Waals surface area contributed by atoms with Crippen LogP contribution in [0.25, 0.3) is 0 Å². The molecule has 0 bridgehead atoms. The molecule has 2 atom stereocenters. The molecule has 0 aromatic heterocycles. The van der Waals surface area contributed by atoms with Gasteiger partial charge in [0, 0.05) is 13.0 Å². The number of piperidine rings is 1. The average molecular weight is 143 g/mol. The number of hydrogen-bond acceptors (Lipinski definition) is 2. The fraction of sp³-hybridized carbons (Fsp3) is 0.857. The molecule has 1 amide bonds. The van der Waals surface area contributed by atoms with Crippen LogP contribution in [0.1, 0.15) is 19.8 Å². The van der Waals surface area contributed by atoms with Gasteiger partial charge in [0.25, 0.3) is 0 Å². The van der Waals surface area contributed by atoms with Crippen molar-refractivity contribution < 1.29 is 9.90 Å². The smallest absolute Gasteiger partial charge is 0.220 e. The molecule has 1 aliphatic rings. The Hall–Kier alpha value is -0.570. The van der Waals surface area contributed by atoms with Crippen molar-refractivity contribution in [2.24, 2.45) is 5.92 Å². The standard InChI is InChI=1S/C7H13NO2/c1-5(9)6-2-3-8-7(10)4-6/h5-6,9H,2-4H2,1H3,(H,8,10)/t5-,6-/m1/s1. The highest BCUT2D eigenvalue weighted by molar-refractivity contribution is 5.76. The van der Waals surface area contributed by atoms with Gasteiger partial charge >= 0.3 is 0 Å². The maximum Gasteiger partial charge on any atom is 0.220 e. The van der Waals surface area contributed by atoms with Crippen LogP contribution >= 0.6 is 0 Å². The first-order valence-corrected chi connectivity index (χ1v) is 3.65. The second-order valence-electron chi connectivity index (χ2n) is 2.84. The van der Waals surface area contributed by atoms with Crippen LogP contribution in [-0.4, -0.2) is 23.7 Å². The normalized spacial score (nSPS) is 29.4. The quantitative estimate of drug-likeness (QED) is 0.538. The highest BCUT2D eigenvalue weighted by atomic mass is 16.3. The molecule has 10 heavy (non-hydrogen) atoms. The Balaban J connectivity index is 2.39. The van der Waals surface area contributed by atoms with Crippen molar-refractivity contribution in [2.75, 3.05) is 6.54 Å². The Morgan fingerprint density at radius 2 is 2.50 bits per heavy atom.